The zero-order valence-electron chi connectivity index (χ0n) is 14.1. The molecule has 3 heteroatoms. The zero-order chi connectivity index (χ0) is 16.7. The van der Waals surface area contributed by atoms with Gasteiger partial charge in [0.05, 0.1) is 5.54 Å². The number of pyridine rings is 1. The zero-order valence-corrected chi connectivity index (χ0v) is 14.1. The standard InChI is InChI=1S/C21H22N2O/c1-3-17-15-11-14(2)13-21(17,23-16-7-5-4-6-8-16)18-9-10-20(24)22-19(18)12-15/h3-11,15,23H,12-13H2,1-2H3,(H,22,24)/b17-3+/t15-,21+/m0/s1. The van der Waals surface area contributed by atoms with E-state index >= 15 is 0 Å². The Kier molecular flexibility index (Phi) is 3.45. The molecule has 4 rings (SSSR count). The maximum absolute atomic E-state index is 11.8. The third-order valence-electron chi connectivity index (χ3n) is 5.25. The fourth-order valence-corrected chi connectivity index (χ4v) is 4.46. The lowest BCUT2D eigenvalue weighted by atomic mass is 9.63. The van der Waals surface area contributed by atoms with Crippen LogP contribution < -0.4 is 10.9 Å². The van der Waals surface area contributed by atoms with Crippen LogP contribution in [0.15, 0.2) is 70.6 Å². The summed E-state index contributed by atoms with van der Waals surface area (Å²) in [5, 5.41) is 3.80. The number of fused-ring (bicyclic) bond motifs is 4. The third-order valence-corrected chi connectivity index (χ3v) is 5.25. The van der Waals surface area contributed by atoms with Gasteiger partial charge in [0.25, 0.3) is 0 Å². The molecule has 1 heterocycles. The summed E-state index contributed by atoms with van der Waals surface area (Å²) < 4.78 is 0. The number of aromatic amines is 1. The average molecular weight is 318 g/mol. The van der Waals surface area contributed by atoms with E-state index in [-0.39, 0.29) is 11.1 Å². The number of aromatic nitrogens is 1. The fourth-order valence-electron chi connectivity index (χ4n) is 4.46. The molecule has 24 heavy (non-hydrogen) atoms. The topological polar surface area (TPSA) is 44.9 Å². The van der Waals surface area contributed by atoms with Crippen molar-refractivity contribution in [3.8, 4) is 0 Å². The maximum Gasteiger partial charge on any atom is 0.248 e. The number of hydrogen-bond donors (Lipinski definition) is 2. The van der Waals surface area contributed by atoms with Crippen molar-refractivity contribution in [3.63, 3.8) is 0 Å². The summed E-state index contributed by atoms with van der Waals surface area (Å²) in [6.07, 6.45) is 6.38. The van der Waals surface area contributed by atoms with Crippen LogP contribution in [-0.4, -0.2) is 4.98 Å². The van der Waals surface area contributed by atoms with Gasteiger partial charge in [0.2, 0.25) is 5.56 Å². The first kappa shape index (κ1) is 15.0. The van der Waals surface area contributed by atoms with E-state index in [0.717, 1.165) is 24.2 Å². The number of allylic oxidation sites excluding steroid dienone is 2. The van der Waals surface area contributed by atoms with E-state index in [1.807, 2.05) is 24.3 Å². The molecule has 2 bridgehead atoms. The van der Waals surface area contributed by atoms with Crippen LogP contribution in [0.2, 0.25) is 0 Å². The molecular formula is C21H22N2O. The summed E-state index contributed by atoms with van der Waals surface area (Å²) >= 11 is 0. The summed E-state index contributed by atoms with van der Waals surface area (Å²) in [7, 11) is 0. The Morgan fingerprint density at radius 3 is 2.75 bits per heavy atom. The highest BCUT2D eigenvalue weighted by molar-refractivity contribution is 5.58. The number of rotatable bonds is 2. The van der Waals surface area contributed by atoms with Crippen molar-refractivity contribution in [2.45, 2.75) is 32.2 Å². The number of hydrogen-bond acceptors (Lipinski definition) is 2. The first-order chi connectivity index (χ1) is 11.6. The average Bonchev–Trinajstić information content (AvgIpc) is 2.54. The second kappa shape index (κ2) is 5.52. The quantitative estimate of drug-likeness (QED) is 0.817. The summed E-state index contributed by atoms with van der Waals surface area (Å²) in [5.41, 5.74) is 5.85. The number of para-hydroxylation sites is 1. The fraction of sp³-hybridized carbons (Fsp3) is 0.286. The number of nitrogens with one attached hydrogen (secondary N) is 2. The molecule has 0 saturated heterocycles. The lowest BCUT2D eigenvalue weighted by molar-refractivity contribution is 0.440. The molecule has 122 valence electrons. The van der Waals surface area contributed by atoms with E-state index in [9.17, 15) is 4.79 Å². The Morgan fingerprint density at radius 1 is 1.21 bits per heavy atom. The van der Waals surface area contributed by atoms with Gasteiger partial charge in [-0.15, -0.1) is 0 Å². The number of benzene rings is 1. The normalized spacial score (nSPS) is 26.7. The predicted octanol–water partition coefficient (Wildman–Crippen LogP) is 4.15. The van der Waals surface area contributed by atoms with Crippen molar-refractivity contribution < 1.29 is 0 Å². The maximum atomic E-state index is 11.8. The van der Waals surface area contributed by atoms with Gasteiger partial charge < -0.3 is 10.3 Å². The second-order valence-electron chi connectivity index (χ2n) is 6.86. The second-order valence-corrected chi connectivity index (χ2v) is 6.86. The Morgan fingerprint density at radius 2 is 2.00 bits per heavy atom. The van der Waals surface area contributed by atoms with Crippen LogP contribution in [0.25, 0.3) is 0 Å². The molecule has 0 fully saturated rings. The molecule has 2 aliphatic rings. The SMILES string of the molecule is C/C=C1\[C@H]2C=C(C)C[C@]1(Nc1ccccc1)c1ccc(=O)[nH]c1C2. The van der Waals surface area contributed by atoms with E-state index in [0.29, 0.717) is 5.92 Å². The first-order valence-corrected chi connectivity index (χ1v) is 8.52. The summed E-state index contributed by atoms with van der Waals surface area (Å²) in [6.45, 7) is 4.33. The molecule has 2 aliphatic carbocycles. The van der Waals surface area contributed by atoms with Gasteiger partial charge in [-0.05, 0) is 50.5 Å². The van der Waals surface area contributed by atoms with E-state index in [2.05, 4.69) is 48.4 Å². The molecule has 3 nitrogen and oxygen atoms in total. The minimum Gasteiger partial charge on any atom is -0.371 e. The van der Waals surface area contributed by atoms with E-state index in [1.54, 1.807) is 6.07 Å². The minimum atomic E-state index is -0.280. The van der Waals surface area contributed by atoms with Crippen LogP contribution in [0.5, 0.6) is 0 Å². The Bertz CT molecular complexity index is 892. The molecule has 2 N–H and O–H groups in total. The van der Waals surface area contributed by atoms with E-state index in [1.165, 1.54) is 16.7 Å². The molecule has 0 radical (unpaired) electrons. The van der Waals surface area contributed by atoms with Gasteiger partial charge in [-0.3, -0.25) is 4.79 Å². The van der Waals surface area contributed by atoms with Crippen molar-refractivity contribution >= 4 is 5.69 Å². The van der Waals surface area contributed by atoms with Crippen LogP contribution >= 0.6 is 0 Å². The first-order valence-electron chi connectivity index (χ1n) is 8.52. The van der Waals surface area contributed by atoms with Gasteiger partial charge in [-0.1, -0.05) is 35.9 Å². The molecule has 2 atom stereocenters. The Hall–Kier alpha value is -2.55. The third kappa shape index (κ3) is 2.23. The molecule has 0 spiro atoms. The molecule has 1 aromatic carbocycles. The van der Waals surface area contributed by atoms with Gasteiger partial charge in [-0.25, -0.2) is 0 Å². The molecule has 0 unspecified atom stereocenters. The highest BCUT2D eigenvalue weighted by Crippen LogP contribution is 2.51. The molecule has 0 aliphatic heterocycles. The Labute approximate surface area is 142 Å². The molecule has 0 amide bonds. The van der Waals surface area contributed by atoms with E-state index < -0.39 is 0 Å². The lowest BCUT2D eigenvalue weighted by Crippen LogP contribution is -2.47. The van der Waals surface area contributed by atoms with Crippen molar-refractivity contribution in [1.29, 1.82) is 0 Å². The monoisotopic (exact) mass is 318 g/mol. The van der Waals surface area contributed by atoms with Crippen molar-refractivity contribution in [3.05, 3.63) is 87.4 Å². The smallest absolute Gasteiger partial charge is 0.248 e. The van der Waals surface area contributed by atoms with Gasteiger partial charge in [0.15, 0.2) is 0 Å². The van der Waals surface area contributed by atoms with Crippen LogP contribution in [0, 0.1) is 5.92 Å². The lowest BCUT2D eigenvalue weighted by Gasteiger charge is -2.48. The van der Waals surface area contributed by atoms with Crippen LogP contribution in [0.4, 0.5) is 5.69 Å². The number of anilines is 1. The summed E-state index contributed by atoms with van der Waals surface area (Å²) in [5.74, 6) is 0.338. The Balaban J connectivity index is 1.95. The molecule has 0 saturated carbocycles. The van der Waals surface area contributed by atoms with Crippen molar-refractivity contribution in [1.82, 2.24) is 4.98 Å². The number of H-pyrrole nitrogens is 1. The molecular weight excluding hydrogens is 296 g/mol. The molecule has 2 aromatic rings. The molecule has 1 aromatic heterocycles. The van der Waals surface area contributed by atoms with Gasteiger partial charge >= 0.3 is 0 Å². The van der Waals surface area contributed by atoms with Crippen LogP contribution in [0.1, 0.15) is 31.5 Å². The van der Waals surface area contributed by atoms with E-state index in [4.69, 9.17) is 0 Å². The van der Waals surface area contributed by atoms with Crippen LogP contribution in [0.3, 0.4) is 0 Å². The van der Waals surface area contributed by atoms with Crippen molar-refractivity contribution in [2.24, 2.45) is 5.92 Å². The summed E-state index contributed by atoms with van der Waals surface area (Å²) in [6, 6.07) is 14.0. The van der Waals surface area contributed by atoms with Crippen LogP contribution in [-0.2, 0) is 12.0 Å². The summed E-state index contributed by atoms with van der Waals surface area (Å²) in [4.78, 5) is 14.9. The van der Waals surface area contributed by atoms with Gasteiger partial charge in [0.1, 0.15) is 0 Å². The highest BCUT2D eigenvalue weighted by Gasteiger charge is 2.46. The largest absolute Gasteiger partial charge is 0.371 e. The van der Waals surface area contributed by atoms with Crippen molar-refractivity contribution in [2.75, 3.05) is 5.32 Å². The highest BCUT2D eigenvalue weighted by atomic mass is 16.1. The minimum absolute atomic E-state index is 0.0219. The van der Waals surface area contributed by atoms with Gasteiger partial charge in [0, 0.05) is 28.9 Å². The van der Waals surface area contributed by atoms with Gasteiger partial charge in [-0.2, -0.15) is 0 Å². The predicted molar refractivity (Wildman–Crippen MR) is 98.1 cm³/mol.